The van der Waals surface area contributed by atoms with E-state index in [2.05, 4.69) is 0 Å². The van der Waals surface area contributed by atoms with Gasteiger partial charge in [-0.05, 0) is 42.8 Å². The molecule has 4 aromatic rings. The number of para-hydroxylation sites is 1. The molecule has 0 fully saturated rings. The fraction of sp³-hybridized carbons (Fsp3) is 0.167. The average Bonchev–Trinajstić information content (AvgIpc) is 3.26. The van der Waals surface area contributed by atoms with E-state index < -0.39 is 10.0 Å². The first kappa shape index (κ1) is 18.9. The molecule has 1 aliphatic rings. The van der Waals surface area contributed by atoms with Gasteiger partial charge >= 0.3 is 0 Å². The van der Waals surface area contributed by atoms with Gasteiger partial charge in [-0.1, -0.05) is 48.0 Å². The van der Waals surface area contributed by atoms with E-state index in [0.29, 0.717) is 5.82 Å². The molecule has 0 bridgehead atoms. The number of hydrogen-bond acceptors (Lipinski definition) is 2. The molecule has 0 saturated carbocycles. The summed E-state index contributed by atoms with van der Waals surface area (Å²) in [4.78, 5) is 0.254. The zero-order chi connectivity index (χ0) is 21.0. The lowest BCUT2D eigenvalue weighted by molar-refractivity contribution is 0.590. The van der Waals surface area contributed by atoms with Gasteiger partial charge in [0.15, 0.2) is 0 Å². The maximum Gasteiger partial charge on any atom is 0.265 e. The van der Waals surface area contributed by atoms with Crippen LogP contribution in [-0.4, -0.2) is 19.5 Å². The van der Waals surface area contributed by atoms with Crippen LogP contribution in [0.2, 0.25) is 0 Å². The molecule has 1 unspecified atom stereocenters. The van der Waals surface area contributed by atoms with Crippen LogP contribution in [0.3, 0.4) is 0 Å². The minimum absolute atomic E-state index is 0.239. The highest BCUT2D eigenvalue weighted by Gasteiger charge is 2.41. The predicted molar refractivity (Wildman–Crippen MR) is 117 cm³/mol. The number of sulfonamides is 1. The van der Waals surface area contributed by atoms with Crippen molar-refractivity contribution in [1.29, 1.82) is 0 Å². The second-order valence-corrected chi connectivity index (χ2v) is 9.63. The molecule has 0 amide bonds. The van der Waals surface area contributed by atoms with E-state index in [1.165, 1.54) is 16.4 Å². The van der Waals surface area contributed by atoms with E-state index in [1.807, 2.05) is 48.9 Å². The molecule has 2 heterocycles. The Morgan fingerprint density at radius 1 is 0.967 bits per heavy atom. The molecule has 0 saturated heterocycles. The molecule has 0 aliphatic carbocycles. The van der Waals surface area contributed by atoms with E-state index in [-0.39, 0.29) is 23.2 Å². The van der Waals surface area contributed by atoms with Gasteiger partial charge in [-0.25, -0.2) is 12.8 Å². The molecule has 152 valence electrons. The quantitative estimate of drug-likeness (QED) is 0.470. The number of aromatic nitrogens is 1. The Morgan fingerprint density at radius 3 is 2.43 bits per heavy atom. The second kappa shape index (κ2) is 6.71. The molecule has 4 nitrogen and oxygen atoms in total. The third-order valence-corrected chi connectivity index (χ3v) is 7.68. The molecule has 30 heavy (non-hydrogen) atoms. The highest BCUT2D eigenvalue weighted by molar-refractivity contribution is 7.92. The number of aryl methyl sites for hydroxylation is 2. The van der Waals surface area contributed by atoms with Crippen molar-refractivity contribution < 1.29 is 12.8 Å². The standard InChI is InChI=1S/C24H21FN2O2S/c1-16-10-12-19(13-11-16)30(28,29)27-15-21(17-6-5-7-18(25)14-17)23-20-8-3-4-9-22(20)26(2)24(23)27/h3-14,21H,15H2,1-2H3. The summed E-state index contributed by atoms with van der Waals surface area (Å²) in [5.74, 6) is 0.0715. The SMILES string of the molecule is Cc1ccc(S(=O)(=O)N2CC(c3cccc(F)c3)c3c2n(C)c2ccccc32)cc1. The molecule has 1 aromatic heterocycles. The van der Waals surface area contributed by atoms with Gasteiger partial charge in [-0.3, -0.25) is 4.31 Å². The molecule has 5 rings (SSSR count). The van der Waals surface area contributed by atoms with Crippen LogP contribution in [0.4, 0.5) is 10.2 Å². The van der Waals surface area contributed by atoms with Crippen LogP contribution in [0, 0.1) is 12.7 Å². The van der Waals surface area contributed by atoms with Crippen molar-refractivity contribution in [3.63, 3.8) is 0 Å². The molecular formula is C24H21FN2O2S. The van der Waals surface area contributed by atoms with Gasteiger partial charge in [0.05, 0.1) is 4.90 Å². The van der Waals surface area contributed by atoms with Crippen molar-refractivity contribution in [1.82, 2.24) is 4.57 Å². The molecule has 0 N–H and O–H groups in total. The number of halogens is 1. The third-order valence-electron chi connectivity index (χ3n) is 5.91. The summed E-state index contributed by atoms with van der Waals surface area (Å²) < 4.78 is 44.7. The molecule has 6 heteroatoms. The molecular weight excluding hydrogens is 399 g/mol. The van der Waals surface area contributed by atoms with E-state index in [1.54, 1.807) is 30.3 Å². The fourth-order valence-electron chi connectivity index (χ4n) is 4.44. The monoisotopic (exact) mass is 420 g/mol. The summed E-state index contributed by atoms with van der Waals surface area (Å²) in [5.41, 5.74) is 3.65. The first-order valence-electron chi connectivity index (χ1n) is 9.80. The van der Waals surface area contributed by atoms with Crippen molar-refractivity contribution in [3.8, 4) is 0 Å². The maximum absolute atomic E-state index is 14.0. The van der Waals surface area contributed by atoms with Crippen LogP contribution in [0.5, 0.6) is 0 Å². The minimum atomic E-state index is -3.77. The summed E-state index contributed by atoms with van der Waals surface area (Å²) in [5, 5.41) is 0.992. The van der Waals surface area contributed by atoms with Crippen LogP contribution in [-0.2, 0) is 17.1 Å². The predicted octanol–water partition coefficient (Wildman–Crippen LogP) is 4.97. The summed E-state index contributed by atoms with van der Waals surface area (Å²) >= 11 is 0. The van der Waals surface area contributed by atoms with E-state index >= 15 is 0 Å². The van der Waals surface area contributed by atoms with Crippen molar-refractivity contribution in [3.05, 3.63) is 95.3 Å². The molecule has 0 radical (unpaired) electrons. The third kappa shape index (κ3) is 2.75. The lowest BCUT2D eigenvalue weighted by Gasteiger charge is -2.22. The first-order chi connectivity index (χ1) is 14.4. The Balaban J connectivity index is 1.75. The number of rotatable bonds is 3. The molecule has 1 atom stereocenters. The molecule has 3 aromatic carbocycles. The first-order valence-corrected chi connectivity index (χ1v) is 11.2. The summed E-state index contributed by atoms with van der Waals surface area (Å²) in [7, 11) is -1.89. The number of hydrogen-bond donors (Lipinski definition) is 0. The van der Waals surface area contributed by atoms with E-state index in [4.69, 9.17) is 0 Å². The lowest BCUT2D eigenvalue weighted by atomic mass is 9.92. The van der Waals surface area contributed by atoms with Crippen LogP contribution in [0.25, 0.3) is 10.9 Å². The zero-order valence-corrected chi connectivity index (χ0v) is 17.5. The highest BCUT2D eigenvalue weighted by Crippen LogP contribution is 2.47. The smallest absolute Gasteiger partial charge is 0.265 e. The average molecular weight is 421 g/mol. The minimum Gasteiger partial charge on any atom is -0.330 e. The number of nitrogens with zero attached hydrogens (tertiary/aromatic N) is 2. The number of fused-ring (bicyclic) bond motifs is 3. The Hall–Kier alpha value is -3.12. The van der Waals surface area contributed by atoms with Crippen molar-refractivity contribution in [2.24, 2.45) is 7.05 Å². The summed E-state index contributed by atoms with van der Waals surface area (Å²) in [6, 6.07) is 21.2. The van der Waals surface area contributed by atoms with Crippen LogP contribution in [0.1, 0.15) is 22.6 Å². The highest BCUT2D eigenvalue weighted by atomic mass is 32.2. The number of anilines is 1. The molecule has 1 aliphatic heterocycles. The van der Waals surface area contributed by atoms with Crippen molar-refractivity contribution in [2.45, 2.75) is 17.7 Å². The van der Waals surface area contributed by atoms with Crippen LogP contribution >= 0.6 is 0 Å². The normalized spacial score (nSPS) is 16.2. The summed E-state index contributed by atoms with van der Waals surface area (Å²) in [6.45, 7) is 2.16. The van der Waals surface area contributed by atoms with Gasteiger partial charge in [0.1, 0.15) is 11.6 Å². The van der Waals surface area contributed by atoms with Gasteiger partial charge in [0.2, 0.25) is 0 Å². The van der Waals surface area contributed by atoms with Gasteiger partial charge < -0.3 is 4.57 Å². The lowest BCUT2D eigenvalue weighted by Crippen LogP contribution is -2.31. The fourth-order valence-corrected chi connectivity index (χ4v) is 5.97. The van der Waals surface area contributed by atoms with Crippen molar-refractivity contribution >= 4 is 26.7 Å². The van der Waals surface area contributed by atoms with Crippen molar-refractivity contribution in [2.75, 3.05) is 10.8 Å². The topological polar surface area (TPSA) is 42.3 Å². The largest absolute Gasteiger partial charge is 0.330 e. The van der Waals surface area contributed by atoms with Gasteiger partial charge in [-0.2, -0.15) is 0 Å². The van der Waals surface area contributed by atoms with Gasteiger partial charge in [0.25, 0.3) is 10.0 Å². The summed E-state index contributed by atoms with van der Waals surface area (Å²) in [6.07, 6.45) is 0. The molecule has 0 spiro atoms. The Bertz CT molecular complexity index is 1370. The maximum atomic E-state index is 14.0. The van der Waals surface area contributed by atoms with Crippen LogP contribution < -0.4 is 4.31 Å². The van der Waals surface area contributed by atoms with Gasteiger partial charge in [0, 0.05) is 36.0 Å². The Morgan fingerprint density at radius 2 is 1.70 bits per heavy atom. The van der Waals surface area contributed by atoms with E-state index in [9.17, 15) is 12.8 Å². The van der Waals surface area contributed by atoms with Gasteiger partial charge in [-0.15, -0.1) is 0 Å². The number of benzene rings is 3. The Kier molecular flexibility index (Phi) is 4.22. The zero-order valence-electron chi connectivity index (χ0n) is 16.7. The van der Waals surface area contributed by atoms with Crippen LogP contribution in [0.15, 0.2) is 77.7 Å². The second-order valence-electron chi connectivity index (χ2n) is 7.77. The Labute approximate surface area is 175 Å². The van der Waals surface area contributed by atoms with E-state index in [0.717, 1.165) is 27.6 Å².